The van der Waals surface area contributed by atoms with Crippen molar-refractivity contribution in [3.05, 3.63) is 63.6 Å². The number of carbonyl (C=O) groups excluding carboxylic acids is 1. The Morgan fingerprint density at radius 3 is 2.42 bits per heavy atom. The number of nitrogens with one attached hydrogen (secondary N) is 1. The Labute approximate surface area is 120 Å². The molecule has 0 fully saturated rings. The highest BCUT2D eigenvalue weighted by Gasteiger charge is 2.11. The molecule has 2 rings (SSSR count). The molecule has 0 aliphatic rings. The second kappa shape index (κ2) is 6.06. The first-order valence-corrected chi connectivity index (χ1v) is 6.32. The van der Waals surface area contributed by atoms with Crippen LogP contribution in [0.5, 0.6) is 0 Å². The van der Waals surface area contributed by atoms with E-state index in [1.54, 1.807) is 36.4 Å². The Bertz CT molecular complexity index is 597. The van der Waals surface area contributed by atoms with Crippen molar-refractivity contribution in [1.82, 2.24) is 0 Å². The minimum atomic E-state index is -0.329. The molecule has 19 heavy (non-hydrogen) atoms. The smallest absolute Gasteiger partial charge is 0.257 e. The summed E-state index contributed by atoms with van der Waals surface area (Å²) in [5.41, 5.74) is 1.72. The number of hydrogen-bond acceptors (Lipinski definition) is 2. The maximum Gasteiger partial charge on any atom is 0.257 e. The largest absolute Gasteiger partial charge is 0.392 e. The Kier molecular flexibility index (Phi) is 4.43. The van der Waals surface area contributed by atoms with E-state index in [-0.39, 0.29) is 12.5 Å². The van der Waals surface area contributed by atoms with Crippen molar-refractivity contribution in [1.29, 1.82) is 0 Å². The standard InChI is InChI=1S/C14H11Cl2NO2/c15-10-3-6-13(16)12(7-10)14(19)17-11-4-1-9(8-18)2-5-11/h1-7,18H,8H2,(H,17,19). The van der Waals surface area contributed by atoms with Gasteiger partial charge in [0.1, 0.15) is 0 Å². The Morgan fingerprint density at radius 1 is 1.11 bits per heavy atom. The van der Waals surface area contributed by atoms with Gasteiger partial charge in [-0.05, 0) is 35.9 Å². The Morgan fingerprint density at radius 2 is 1.79 bits per heavy atom. The molecule has 0 unspecified atom stereocenters. The summed E-state index contributed by atoms with van der Waals surface area (Å²) in [5, 5.41) is 12.4. The summed E-state index contributed by atoms with van der Waals surface area (Å²) in [6.45, 7) is -0.0334. The summed E-state index contributed by atoms with van der Waals surface area (Å²) < 4.78 is 0. The van der Waals surface area contributed by atoms with Crippen LogP contribution < -0.4 is 5.32 Å². The predicted octanol–water partition coefficient (Wildman–Crippen LogP) is 3.74. The summed E-state index contributed by atoms with van der Waals surface area (Å²) in [6, 6.07) is 11.6. The molecule has 0 aliphatic carbocycles. The molecule has 98 valence electrons. The molecule has 0 saturated carbocycles. The SMILES string of the molecule is O=C(Nc1ccc(CO)cc1)c1cc(Cl)ccc1Cl. The first-order valence-electron chi connectivity index (χ1n) is 5.56. The average molecular weight is 296 g/mol. The van der Waals surface area contributed by atoms with Crippen molar-refractivity contribution in [3.8, 4) is 0 Å². The van der Waals surface area contributed by atoms with Crippen LogP contribution in [0, 0.1) is 0 Å². The van der Waals surface area contributed by atoms with Crippen molar-refractivity contribution < 1.29 is 9.90 Å². The van der Waals surface area contributed by atoms with E-state index in [9.17, 15) is 4.79 Å². The topological polar surface area (TPSA) is 49.3 Å². The minimum Gasteiger partial charge on any atom is -0.392 e. The molecular formula is C14H11Cl2NO2. The molecule has 0 bridgehead atoms. The molecule has 0 spiro atoms. The number of hydrogen-bond donors (Lipinski definition) is 2. The number of anilines is 1. The number of rotatable bonds is 3. The zero-order valence-corrected chi connectivity index (χ0v) is 11.4. The highest BCUT2D eigenvalue weighted by atomic mass is 35.5. The molecule has 0 saturated heterocycles. The first-order chi connectivity index (χ1) is 9.10. The van der Waals surface area contributed by atoms with Crippen LogP contribution in [0.3, 0.4) is 0 Å². The second-order valence-electron chi connectivity index (χ2n) is 3.93. The van der Waals surface area contributed by atoms with Gasteiger partial charge in [0.05, 0.1) is 17.2 Å². The van der Waals surface area contributed by atoms with Gasteiger partial charge in [0.25, 0.3) is 5.91 Å². The zero-order valence-electron chi connectivity index (χ0n) is 9.86. The van der Waals surface area contributed by atoms with Gasteiger partial charge in [-0.2, -0.15) is 0 Å². The number of aliphatic hydroxyl groups excluding tert-OH is 1. The van der Waals surface area contributed by atoms with E-state index in [2.05, 4.69) is 5.32 Å². The average Bonchev–Trinajstić information content (AvgIpc) is 2.42. The molecule has 0 aromatic heterocycles. The van der Waals surface area contributed by atoms with Crippen molar-refractivity contribution in [2.45, 2.75) is 6.61 Å². The van der Waals surface area contributed by atoms with Crippen LogP contribution in [0.4, 0.5) is 5.69 Å². The molecule has 2 N–H and O–H groups in total. The molecule has 2 aromatic carbocycles. The van der Waals surface area contributed by atoms with Crippen LogP contribution in [0.1, 0.15) is 15.9 Å². The van der Waals surface area contributed by atoms with Gasteiger partial charge < -0.3 is 10.4 Å². The number of halogens is 2. The van der Waals surface area contributed by atoms with Gasteiger partial charge in [-0.1, -0.05) is 35.3 Å². The van der Waals surface area contributed by atoms with Crippen LogP contribution in [-0.4, -0.2) is 11.0 Å². The normalized spacial score (nSPS) is 10.3. The third kappa shape index (κ3) is 3.47. The fourth-order valence-electron chi connectivity index (χ4n) is 1.56. The molecule has 0 heterocycles. The van der Waals surface area contributed by atoms with Gasteiger partial charge in [-0.15, -0.1) is 0 Å². The van der Waals surface area contributed by atoms with Crippen molar-refractivity contribution in [2.75, 3.05) is 5.32 Å². The third-order valence-electron chi connectivity index (χ3n) is 2.57. The highest BCUT2D eigenvalue weighted by Crippen LogP contribution is 2.22. The third-order valence-corrected chi connectivity index (χ3v) is 3.13. The van der Waals surface area contributed by atoms with Gasteiger partial charge in [-0.25, -0.2) is 0 Å². The lowest BCUT2D eigenvalue weighted by Crippen LogP contribution is -2.12. The lowest BCUT2D eigenvalue weighted by molar-refractivity contribution is 0.102. The molecular weight excluding hydrogens is 285 g/mol. The summed E-state index contributed by atoms with van der Waals surface area (Å²) in [5.74, 6) is -0.329. The van der Waals surface area contributed by atoms with E-state index < -0.39 is 0 Å². The Hall–Kier alpha value is -1.55. The van der Waals surface area contributed by atoms with Gasteiger partial charge >= 0.3 is 0 Å². The molecule has 0 atom stereocenters. The Balaban J connectivity index is 2.18. The summed E-state index contributed by atoms with van der Waals surface area (Å²) in [6.07, 6.45) is 0. The maximum atomic E-state index is 12.0. The van der Waals surface area contributed by atoms with Crippen molar-refractivity contribution >= 4 is 34.8 Å². The quantitative estimate of drug-likeness (QED) is 0.906. The zero-order chi connectivity index (χ0) is 13.8. The van der Waals surface area contributed by atoms with E-state index in [0.717, 1.165) is 5.56 Å². The molecule has 0 aliphatic heterocycles. The fraction of sp³-hybridized carbons (Fsp3) is 0.0714. The van der Waals surface area contributed by atoms with E-state index >= 15 is 0 Å². The van der Waals surface area contributed by atoms with E-state index in [1.807, 2.05) is 0 Å². The van der Waals surface area contributed by atoms with Crippen molar-refractivity contribution in [2.24, 2.45) is 0 Å². The minimum absolute atomic E-state index is 0.0334. The van der Waals surface area contributed by atoms with Gasteiger partial charge in [0, 0.05) is 10.7 Å². The molecule has 2 aromatic rings. The number of benzene rings is 2. The molecule has 0 radical (unpaired) electrons. The molecule has 5 heteroatoms. The summed E-state index contributed by atoms with van der Waals surface area (Å²) in [7, 11) is 0. The van der Waals surface area contributed by atoms with Crippen LogP contribution in [0.15, 0.2) is 42.5 Å². The van der Waals surface area contributed by atoms with E-state index in [4.69, 9.17) is 28.3 Å². The number of amides is 1. The van der Waals surface area contributed by atoms with E-state index in [0.29, 0.717) is 21.3 Å². The first kappa shape index (κ1) is 13.9. The maximum absolute atomic E-state index is 12.0. The number of aliphatic hydroxyl groups is 1. The lowest BCUT2D eigenvalue weighted by Gasteiger charge is -2.07. The van der Waals surface area contributed by atoms with Gasteiger partial charge in [0.15, 0.2) is 0 Å². The van der Waals surface area contributed by atoms with Crippen LogP contribution >= 0.6 is 23.2 Å². The molecule has 3 nitrogen and oxygen atoms in total. The lowest BCUT2D eigenvalue weighted by atomic mass is 10.2. The van der Waals surface area contributed by atoms with Gasteiger partial charge in [0.2, 0.25) is 0 Å². The van der Waals surface area contributed by atoms with Crippen LogP contribution in [-0.2, 0) is 6.61 Å². The van der Waals surface area contributed by atoms with Crippen LogP contribution in [0.2, 0.25) is 10.0 Å². The van der Waals surface area contributed by atoms with Crippen molar-refractivity contribution in [3.63, 3.8) is 0 Å². The summed E-state index contributed by atoms with van der Waals surface area (Å²) >= 11 is 11.8. The predicted molar refractivity (Wildman–Crippen MR) is 76.8 cm³/mol. The summed E-state index contributed by atoms with van der Waals surface area (Å²) in [4.78, 5) is 12.0. The second-order valence-corrected chi connectivity index (χ2v) is 4.78. The number of carbonyl (C=O) groups is 1. The van der Waals surface area contributed by atoms with E-state index in [1.165, 1.54) is 6.07 Å². The monoisotopic (exact) mass is 295 g/mol. The van der Waals surface area contributed by atoms with Gasteiger partial charge in [-0.3, -0.25) is 4.79 Å². The highest BCUT2D eigenvalue weighted by molar-refractivity contribution is 6.36. The molecule has 1 amide bonds. The van der Waals surface area contributed by atoms with Crippen LogP contribution in [0.25, 0.3) is 0 Å². The fourth-order valence-corrected chi connectivity index (χ4v) is 1.94.